The number of halogens is 1. The Morgan fingerprint density at radius 3 is 2.64 bits per heavy atom. The van der Waals surface area contributed by atoms with E-state index in [0.29, 0.717) is 6.04 Å². The van der Waals surface area contributed by atoms with Crippen molar-refractivity contribution in [3.05, 3.63) is 35.9 Å². The highest BCUT2D eigenvalue weighted by Gasteiger charge is 2.30. The number of benzene rings is 1. The van der Waals surface area contributed by atoms with Gasteiger partial charge in [0, 0.05) is 45.3 Å². The fraction of sp³-hybridized carbons (Fsp3) is 0.682. The van der Waals surface area contributed by atoms with Gasteiger partial charge < -0.3 is 15.0 Å². The molecular weight excluding hydrogens is 463 g/mol. The Kier molecular flexibility index (Phi) is 11.2. The van der Waals surface area contributed by atoms with Crippen LogP contribution in [0.25, 0.3) is 0 Å². The van der Waals surface area contributed by atoms with Crippen molar-refractivity contribution in [2.75, 3.05) is 52.5 Å². The van der Waals surface area contributed by atoms with Crippen LogP contribution in [0, 0.1) is 0 Å². The average Bonchev–Trinajstić information content (AvgIpc) is 3.21. The number of likely N-dealkylation sites (tertiary alicyclic amines) is 1. The number of morpholine rings is 1. The molecule has 0 bridgehead atoms. The largest absolute Gasteiger partial charge is 0.379 e. The van der Waals surface area contributed by atoms with E-state index in [9.17, 15) is 0 Å². The van der Waals surface area contributed by atoms with E-state index in [1.54, 1.807) is 0 Å². The monoisotopic (exact) mass is 500 g/mol. The van der Waals surface area contributed by atoms with Gasteiger partial charge in [0.25, 0.3) is 0 Å². The van der Waals surface area contributed by atoms with Crippen molar-refractivity contribution in [1.29, 1.82) is 0 Å². The third-order valence-electron chi connectivity index (χ3n) is 5.59. The van der Waals surface area contributed by atoms with E-state index in [4.69, 9.17) is 9.73 Å². The molecule has 1 atom stereocenters. The second-order valence-electron chi connectivity index (χ2n) is 7.57. The number of unbranched alkanes of at least 4 members (excludes halogenated alkanes) is 2. The number of guanidine groups is 1. The van der Waals surface area contributed by atoms with E-state index in [1.807, 2.05) is 0 Å². The van der Waals surface area contributed by atoms with Gasteiger partial charge in [0.2, 0.25) is 0 Å². The van der Waals surface area contributed by atoms with Gasteiger partial charge in [-0.05, 0) is 38.2 Å². The second kappa shape index (κ2) is 13.4. The summed E-state index contributed by atoms with van der Waals surface area (Å²) in [5, 5.41) is 3.50. The lowest BCUT2D eigenvalue weighted by Crippen LogP contribution is -2.46. The third-order valence-corrected chi connectivity index (χ3v) is 5.59. The van der Waals surface area contributed by atoms with Crippen LogP contribution >= 0.6 is 24.0 Å². The van der Waals surface area contributed by atoms with Crippen LogP contribution in [0.15, 0.2) is 35.3 Å². The van der Waals surface area contributed by atoms with Crippen molar-refractivity contribution in [1.82, 2.24) is 15.1 Å². The van der Waals surface area contributed by atoms with Crippen LogP contribution in [0.5, 0.6) is 0 Å². The first-order chi connectivity index (χ1) is 13.4. The van der Waals surface area contributed by atoms with E-state index in [-0.39, 0.29) is 24.0 Å². The zero-order chi connectivity index (χ0) is 18.7. The number of nitrogens with zero attached hydrogens (tertiary/aromatic N) is 3. The van der Waals surface area contributed by atoms with Crippen molar-refractivity contribution >= 4 is 29.9 Å². The summed E-state index contributed by atoms with van der Waals surface area (Å²) in [6, 6.07) is 11.4. The fourth-order valence-corrected chi connectivity index (χ4v) is 4.05. The standard InChI is InChI=1S/C22H36N4O.HI/c1-2-23-22(24-13-8-4-7-11-20-9-5-3-6-10-20)26-14-12-21(19-26)25-15-17-27-18-16-25;/h3,5-6,9-10,21H,2,4,7-8,11-19H2,1H3,(H,23,24);1H. The molecule has 0 amide bonds. The molecule has 0 aromatic heterocycles. The van der Waals surface area contributed by atoms with Gasteiger partial charge in [0.05, 0.1) is 13.2 Å². The van der Waals surface area contributed by atoms with Crippen LogP contribution in [0.2, 0.25) is 0 Å². The smallest absolute Gasteiger partial charge is 0.193 e. The van der Waals surface area contributed by atoms with Crippen molar-refractivity contribution < 1.29 is 4.74 Å². The van der Waals surface area contributed by atoms with Crippen molar-refractivity contribution in [2.45, 2.75) is 45.1 Å². The van der Waals surface area contributed by atoms with Crippen LogP contribution in [0.4, 0.5) is 0 Å². The maximum absolute atomic E-state index is 5.49. The van der Waals surface area contributed by atoms with Gasteiger partial charge in [-0.2, -0.15) is 0 Å². The highest BCUT2D eigenvalue weighted by molar-refractivity contribution is 14.0. The van der Waals surface area contributed by atoms with Gasteiger partial charge in [-0.15, -0.1) is 24.0 Å². The molecule has 3 rings (SSSR count). The number of hydrogen-bond acceptors (Lipinski definition) is 3. The summed E-state index contributed by atoms with van der Waals surface area (Å²) in [7, 11) is 0. The van der Waals surface area contributed by atoms with Crippen LogP contribution in [0.1, 0.15) is 38.2 Å². The molecule has 1 unspecified atom stereocenters. The zero-order valence-corrected chi connectivity index (χ0v) is 19.6. The fourth-order valence-electron chi connectivity index (χ4n) is 4.05. The highest BCUT2D eigenvalue weighted by atomic mass is 127. The first-order valence-corrected chi connectivity index (χ1v) is 10.8. The first kappa shape index (κ1) is 23.4. The second-order valence-corrected chi connectivity index (χ2v) is 7.57. The number of rotatable bonds is 8. The molecule has 2 heterocycles. The van der Waals surface area contributed by atoms with Crippen LogP contribution in [-0.2, 0) is 11.2 Å². The molecule has 2 saturated heterocycles. The molecular formula is C22H37IN4O. The SMILES string of the molecule is CCNC(=NCCCCCc1ccccc1)N1CCC(N2CCOCC2)C1.I. The Hall–Kier alpha value is -0.860. The van der Waals surface area contributed by atoms with Crippen LogP contribution in [-0.4, -0.2) is 74.3 Å². The predicted molar refractivity (Wildman–Crippen MR) is 128 cm³/mol. The lowest BCUT2D eigenvalue weighted by atomic mass is 10.1. The van der Waals surface area contributed by atoms with Gasteiger partial charge >= 0.3 is 0 Å². The molecule has 2 aliphatic heterocycles. The van der Waals surface area contributed by atoms with Crippen molar-refractivity contribution in [3.63, 3.8) is 0 Å². The minimum atomic E-state index is 0. The number of hydrogen-bond donors (Lipinski definition) is 1. The molecule has 0 aliphatic carbocycles. The van der Waals surface area contributed by atoms with Gasteiger partial charge in [0.1, 0.15) is 0 Å². The van der Waals surface area contributed by atoms with Gasteiger partial charge in [-0.3, -0.25) is 9.89 Å². The Bertz CT molecular complexity index is 563. The van der Waals surface area contributed by atoms with Gasteiger partial charge in [-0.25, -0.2) is 0 Å². The summed E-state index contributed by atoms with van der Waals surface area (Å²) in [6.07, 6.45) is 6.08. The molecule has 158 valence electrons. The summed E-state index contributed by atoms with van der Waals surface area (Å²) in [6.45, 7) is 10.1. The molecule has 28 heavy (non-hydrogen) atoms. The molecule has 0 spiro atoms. The van der Waals surface area contributed by atoms with E-state index in [1.165, 1.54) is 37.7 Å². The number of nitrogens with one attached hydrogen (secondary N) is 1. The summed E-state index contributed by atoms with van der Waals surface area (Å²) in [5.74, 6) is 1.11. The summed E-state index contributed by atoms with van der Waals surface area (Å²) in [5.41, 5.74) is 1.44. The lowest BCUT2D eigenvalue weighted by molar-refractivity contribution is 0.0195. The minimum Gasteiger partial charge on any atom is -0.379 e. The Morgan fingerprint density at radius 1 is 1.11 bits per heavy atom. The predicted octanol–water partition coefficient (Wildman–Crippen LogP) is 3.39. The van der Waals surface area contributed by atoms with Crippen molar-refractivity contribution in [3.8, 4) is 0 Å². The molecule has 2 fully saturated rings. The molecule has 1 N–H and O–H groups in total. The van der Waals surface area contributed by atoms with Crippen LogP contribution in [0.3, 0.4) is 0 Å². The van der Waals surface area contributed by atoms with Crippen molar-refractivity contribution in [2.24, 2.45) is 4.99 Å². The average molecular weight is 500 g/mol. The first-order valence-electron chi connectivity index (χ1n) is 10.8. The van der Waals surface area contributed by atoms with E-state index in [0.717, 1.165) is 58.4 Å². The maximum Gasteiger partial charge on any atom is 0.193 e. The minimum absolute atomic E-state index is 0. The quantitative estimate of drug-likeness (QED) is 0.257. The topological polar surface area (TPSA) is 40.1 Å². The number of ether oxygens (including phenoxy) is 1. The summed E-state index contributed by atoms with van der Waals surface area (Å²) >= 11 is 0. The van der Waals surface area contributed by atoms with Gasteiger partial charge in [0.15, 0.2) is 5.96 Å². The number of aryl methyl sites for hydroxylation is 1. The zero-order valence-electron chi connectivity index (χ0n) is 17.3. The third kappa shape index (κ3) is 7.52. The van der Waals surface area contributed by atoms with E-state index in [2.05, 4.69) is 52.4 Å². The van der Waals surface area contributed by atoms with Crippen LogP contribution < -0.4 is 5.32 Å². The lowest BCUT2D eigenvalue weighted by Gasteiger charge is -2.32. The highest BCUT2D eigenvalue weighted by Crippen LogP contribution is 2.17. The summed E-state index contributed by atoms with van der Waals surface area (Å²) < 4.78 is 5.49. The summed E-state index contributed by atoms with van der Waals surface area (Å²) in [4.78, 5) is 9.95. The Balaban J connectivity index is 0.00000280. The maximum atomic E-state index is 5.49. The molecule has 5 nitrogen and oxygen atoms in total. The van der Waals surface area contributed by atoms with Gasteiger partial charge in [-0.1, -0.05) is 36.8 Å². The molecule has 0 saturated carbocycles. The Labute approximate surface area is 187 Å². The normalized spacial score (nSPS) is 20.8. The Morgan fingerprint density at radius 2 is 1.89 bits per heavy atom. The molecule has 6 heteroatoms. The number of aliphatic imine (C=N–C) groups is 1. The molecule has 1 aromatic carbocycles. The van der Waals surface area contributed by atoms with E-state index < -0.39 is 0 Å². The molecule has 2 aliphatic rings. The molecule has 1 aromatic rings. The van der Waals surface area contributed by atoms with E-state index >= 15 is 0 Å². The molecule has 0 radical (unpaired) electrons.